The molecule has 17 nitrogen and oxygen atoms in total. The highest BCUT2D eigenvalue weighted by molar-refractivity contribution is 6.33. The molecule has 3 aromatic rings. The summed E-state index contributed by atoms with van der Waals surface area (Å²) < 4.78 is 43.1. The van der Waals surface area contributed by atoms with Gasteiger partial charge in [-0.1, -0.05) is 31.2 Å². The van der Waals surface area contributed by atoms with E-state index in [2.05, 4.69) is 27.2 Å². The lowest BCUT2D eigenvalue weighted by molar-refractivity contribution is -0.136. The van der Waals surface area contributed by atoms with Gasteiger partial charge in [0.2, 0.25) is 29.6 Å². The van der Waals surface area contributed by atoms with Crippen LogP contribution in [0.3, 0.4) is 0 Å². The number of imide groups is 2. The number of likely N-dealkylation sites (N-methyl/N-ethyl adjacent to an activating group) is 1. The van der Waals surface area contributed by atoms with Crippen molar-refractivity contribution in [3.8, 4) is 5.75 Å². The average molecular weight is 891 g/mol. The van der Waals surface area contributed by atoms with Crippen LogP contribution in [0.25, 0.3) is 16.5 Å². The predicted molar refractivity (Wildman–Crippen MR) is 226 cm³/mol. The maximum absolute atomic E-state index is 16.6. The van der Waals surface area contributed by atoms with Gasteiger partial charge in [-0.25, -0.2) is 13.8 Å². The van der Waals surface area contributed by atoms with Crippen molar-refractivity contribution in [3.05, 3.63) is 82.4 Å². The number of carbonyl (C=O) groups is 6. The molecule has 2 fully saturated rings. The van der Waals surface area contributed by atoms with Crippen LogP contribution in [-0.2, 0) is 23.9 Å². The van der Waals surface area contributed by atoms with E-state index >= 15 is 8.78 Å². The summed E-state index contributed by atoms with van der Waals surface area (Å²) in [7, 11) is 1.61. The van der Waals surface area contributed by atoms with Crippen LogP contribution < -0.4 is 20.3 Å². The Balaban J connectivity index is 0.934. The second-order valence-electron chi connectivity index (χ2n) is 15.4. The number of carbonyl (C=O) groups excluding carboxylic acids is 6. The van der Waals surface area contributed by atoms with E-state index < -0.39 is 53.3 Å². The molecule has 2 saturated heterocycles. The molecule has 6 amide bonds. The van der Waals surface area contributed by atoms with Crippen LogP contribution in [0.2, 0.25) is 5.02 Å². The van der Waals surface area contributed by atoms with Crippen LogP contribution in [0.4, 0.5) is 20.5 Å². The van der Waals surface area contributed by atoms with E-state index in [1.807, 2.05) is 4.90 Å². The highest BCUT2D eigenvalue weighted by Gasteiger charge is 2.45. The standard InChI is InChI=1S/C43H45ClF2N8O9/c1-4-32(56)52-13-15-53(16-14-52)39-27-22-28(44)34(35-29(45)8-5-23(2)38(35)58)36(46)37(27)49-43(50-39)47-12-11-33(57)51(3)17-18-62-19-20-63-24-6-7-25-26(21-24)42(61)54(41(25)60)30-9-10-31(55)48-40(30)59/h4-8,21-23,30,38,58H,1,9-20H2,2-3H3,(H,47,49,50)(H,48,55,59)/t23-,30?,38-/m0/s1. The third-order valence-corrected chi connectivity index (χ3v) is 11.6. The molecule has 2 aromatic carbocycles. The van der Waals surface area contributed by atoms with Gasteiger partial charge in [0.1, 0.15) is 35.6 Å². The number of piperidine rings is 1. The SMILES string of the molecule is C=CC(=O)N1CCN(c2nc(NCCC(=O)N(C)CCOCCOc3ccc4c(c3)C(=O)N(C3CCC(=O)NC3=O)C4=O)nc3c(F)c(C4=C(F)C=C[C@H](C)[C@@H]4O)c(Cl)cc23)CC1. The number of nitrogens with zero attached hydrogens (tertiary/aromatic N) is 6. The van der Waals surface area contributed by atoms with Crippen molar-refractivity contribution in [1.29, 1.82) is 0 Å². The number of aromatic nitrogens is 2. The van der Waals surface area contributed by atoms with Gasteiger partial charge in [-0.15, -0.1) is 0 Å². The lowest BCUT2D eigenvalue weighted by Gasteiger charge is -2.35. The molecule has 3 N–H and O–H groups in total. The summed E-state index contributed by atoms with van der Waals surface area (Å²) in [6.45, 7) is 7.28. The first kappa shape index (κ1) is 44.7. The fraction of sp³-hybridized carbons (Fsp3) is 0.395. The number of aliphatic hydroxyl groups excluding tert-OH is 1. The number of allylic oxidation sites excluding steroid dienone is 2. The Morgan fingerprint density at radius 1 is 1.06 bits per heavy atom. The minimum absolute atomic E-state index is 0.00205. The molecule has 332 valence electrons. The first-order valence-electron chi connectivity index (χ1n) is 20.3. The number of hydrogen-bond acceptors (Lipinski definition) is 13. The number of ether oxygens (including phenoxy) is 2. The maximum Gasteiger partial charge on any atom is 0.262 e. The highest BCUT2D eigenvalue weighted by atomic mass is 35.5. The topological polar surface area (TPSA) is 204 Å². The van der Waals surface area contributed by atoms with Crippen molar-refractivity contribution in [3.63, 3.8) is 0 Å². The third-order valence-electron chi connectivity index (χ3n) is 11.3. The molecule has 4 aliphatic rings. The Morgan fingerprint density at radius 2 is 1.81 bits per heavy atom. The molecule has 0 saturated carbocycles. The highest BCUT2D eigenvalue weighted by Crippen LogP contribution is 2.42. The normalized spacial score (nSPS) is 20.0. The summed E-state index contributed by atoms with van der Waals surface area (Å²) in [5.74, 6) is -4.57. The third kappa shape index (κ3) is 9.26. The summed E-state index contributed by atoms with van der Waals surface area (Å²) in [5.41, 5.74) is -0.562. The zero-order valence-corrected chi connectivity index (χ0v) is 35.3. The Morgan fingerprint density at radius 3 is 2.54 bits per heavy atom. The second kappa shape index (κ2) is 19.0. The van der Waals surface area contributed by atoms with Gasteiger partial charge in [0.15, 0.2) is 5.82 Å². The van der Waals surface area contributed by atoms with Crippen LogP contribution in [0, 0.1) is 11.7 Å². The molecule has 63 heavy (non-hydrogen) atoms. The smallest absolute Gasteiger partial charge is 0.262 e. The van der Waals surface area contributed by atoms with Gasteiger partial charge < -0.3 is 34.6 Å². The zero-order valence-electron chi connectivity index (χ0n) is 34.5. The second-order valence-corrected chi connectivity index (χ2v) is 15.8. The predicted octanol–water partition coefficient (Wildman–Crippen LogP) is 3.26. The van der Waals surface area contributed by atoms with E-state index in [0.29, 0.717) is 37.7 Å². The Hall–Kier alpha value is -6.31. The molecule has 4 heterocycles. The number of aliphatic hydroxyl groups is 1. The number of nitrogens with one attached hydrogen (secondary N) is 2. The first-order chi connectivity index (χ1) is 30.2. The lowest BCUT2D eigenvalue weighted by atomic mass is 9.86. The van der Waals surface area contributed by atoms with Gasteiger partial charge in [-0.2, -0.15) is 4.98 Å². The van der Waals surface area contributed by atoms with Crippen LogP contribution >= 0.6 is 11.6 Å². The number of fused-ring (bicyclic) bond motifs is 2. The molecule has 20 heteroatoms. The number of piperazine rings is 1. The largest absolute Gasteiger partial charge is 0.491 e. The molecule has 1 aliphatic carbocycles. The fourth-order valence-corrected chi connectivity index (χ4v) is 8.07. The number of anilines is 2. The summed E-state index contributed by atoms with van der Waals surface area (Å²) in [6.07, 6.45) is 2.58. The van der Waals surface area contributed by atoms with Crippen molar-refractivity contribution < 1.29 is 52.1 Å². The van der Waals surface area contributed by atoms with Crippen LogP contribution in [0.1, 0.15) is 52.5 Å². The maximum atomic E-state index is 16.6. The quantitative estimate of drug-likeness (QED) is 0.114. The Kier molecular flexibility index (Phi) is 13.5. The molecule has 1 aromatic heterocycles. The molecule has 3 aliphatic heterocycles. The molecular weight excluding hydrogens is 846 g/mol. The number of rotatable bonds is 15. The van der Waals surface area contributed by atoms with Gasteiger partial charge in [0, 0.05) is 81.6 Å². The average Bonchev–Trinajstić information content (AvgIpc) is 3.51. The Bertz CT molecular complexity index is 2460. The van der Waals surface area contributed by atoms with E-state index in [-0.39, 0.29) is 108 Å². The van der Waals surface area contributed by atoms with E-state index in [9.17, 15) is 33.9 Å². The van der Waals surface area contributed by atoms with Crippen molar-refractivity contribution in [2.24, 2.45) is 5.92 Å². The monoisotopic (exact) mass is 890 g/mol. The molecule has 1 unspecified atom stereocenters. The van der Waals surface area contributed by atoms with Crippen molar-refractivity contribution in [1.82, 2.24) is 30.0 Å². The summed E-state index contributed by atoms with van der Waals surface area (Å²) >= 11 is 6.62. The number of amides is 6. The van der Waals surface area contributed by atoms with E-state index in [0.717, 1.165) is 4.90 Å². The number of halogens is 3. The van der Waals surface area contributed by atoms with Crippen LogP contribution in [-0.4, -0.2) is 143 Å². The zero-order chi connectivity index (χ0) is 45.1. The minimum Gasteiger partial charge on any atom is -0.491 e. The van der Waals surface area contributed by atoms with Crippen molar-refractivity contribution in [2.75, 3.05) is 76.4 Å². The molecular formula is C43H45ClF2N8O9. The molecule has 0 radical (unpaired) electrons. The fourth-order valence-electron chi connectivity index (χ4n) is 7.78. The van der Waals surface area contributed by atoms with Crippen LogP contribution in [0.5, 0.6) is 5.75 Å². The Labute approximate surface area is 365 Å². The minimum atomic E-state index is -1.36. The van der Waals surface area contributed by atoms with Gasteiger partial charge in [0.05, 0.1) is 35.5 Å². The van der Waals surface area contributed by atoms with Crippen molar-refractivity contribution in [2.45, 2.75) is 38.3 Å². The molecule has 0 bridgehead atoms. The summed E-state index contributed by atoms with van der Waals surface area (Å²) in [4.78, 5) is 90.1. The summed E-state index contributed by atoms with van der Waals surface area (Å²) in [5, 5.41) is 16.1. The number of benzene rings is 2. The summed E-state index contributed by atoms with van der Waals surface area (Å²) in [6, 6.07) is 4.76. The lowest BCUT2D eigenvalue weighted by Crippen LogP contribution is -2.54. The molecule has 0 spiro atoms. The van der Waals surface area contributed by atoms with Gasteiger partial charge in [0.25, 0.3) is 11.8 Å². The van der Waals surface area contributed by atoms with Crippen molar-refractivity contribution >= 4 is 75.3 Å². The van der Waals surface area contributed by atoms with Gasteiger partial charge in [-0.05, 0) is 42.8 Å². The van der Waals surface area contributed by atoms with Crippen LogP contribution in [0.15, 0.2) is 54.9 Å². The van der Waals surface area contributed by atoms with E-state index in [1.54, 1.807) is 18.9 Å². The van der Waals surface area contributed by atoms with Gasteiger partial charge in [-0.3, -0.25) is 39.0 Å². The first-order valence-corrected chi connectivity index (χ1v) is 20.7. The van der Waals surface area contributed by atoms with E-state index in [1.165, 1.54) is 47.4 Å². The molecule has 7 rings (SSSR count). The number of hydrogen-bond donors (Lipinski definition) is 3. The van der Waals surface area contributed by atoms with E-state index in [4.69, 9.17) is 21.1 Å². The molecule has 3 atom stereocenters. The van der Waals surface area contributed by atoms with Gasteiger partial charge >= 0.3 is 0 Å².